The van der Waals surface area contributed by atoms with E-state index in [0.29, 0.717) is 5.56 Å². The van der Waals surface area contributed by atoms with Crippen LogP contribution in [0.25, 0.3) is 0 Å². The average Bonchev–Trinajstić information content (AvgIpc) is 2.49. The normalized spacial score (nSPS) is 10.7. The first-order valence-corrected chi connectivity index (χ1v) is 7.02. The topological polar surface area (TPSA) is 78.9 Å². The second kappa shape index (κ2) is 8.17. The van der Waals surface area contributed by atoms with Gasteiger partial charge in [-0.1, -0.05) is 30.3 Å². The lowest BCUT2D eigenvalue weighted by Gasteiger charge is -2.28. The molecule has 0 aliphatic heterocycles. The molecule has 0 fully saturated rings. The molecule has 0 bridgehead atoms. The summed E-state index contributed by atoms with van der Waals surface area (Å²) in [4.78, 5) is 36.1. The number of esters is 3. The monoisotopic (exact) mass is 308 g/mol. The SMILES string of the molecule is CCOC(=O)C(COC(C)=O)(C(=O)OCC)c1ccccc1. The Bertz CT molecular complexity index is 505. The summed E-state index contributed by atoms with van der Waals surface area (Å²) in [6.45, 7) is 4.17. The minimum absolute atomic E-state index is 0.0902. The molecule has 0 saturated carbocycles. The van der Waals surface area contributed by atoms with Crippen LogP contribution < -0.4 is 0 Å². The molecule has 1 aromatic carbocycles. The van der Waals surface area contributed by atoms with Crippen LogP contribution >= 0.6 is 0 Å². The molecule has 0 heterocycles. The van der Waals surface area contributed by atoms with Crippen molar-refractivity contribution in [2.24, 2.45) is 0 Å². The Balaban J connectivity index is 3.37. The van der Waals surface area contributed by atoms with Crippen LogP contribution in [0.5, 0.6) is 0 Å². The third-order valence-corrected chi connectivity index (χ3v) is 3.01. The highest BCUT2D eigenvalue weighted by atomic mass is 16.6. The van der Waals surface area contributed by atoms with Gasteiger partial charge < -0.3 is 14.2 Å². The number of hydrogen-bond acceptors (Lipinski definition) is 6. The van der Waals surface area contributed by atoms with Gasteiger partial charge in [-0.15, -0.1) is 0 Å². The maximum atomic E-state index is 12.5. The Morgan fingerprint density at radius 2 is 1.41 bits per heavy atom. The molecule has 22 heavy (non-hydrogen) atoms. The van der Waals surface area contributed by atoms with E-state index in [2.05, 4.69) is 0 Å². The molecule has 120 valence electrons. The molecule has 1 rings (SSSR count). The van der Waals surface area contributed by atoms with Crippen LogP contribution in [0.1, 0.15) is 26.3 Å². The van der Waals surface area contributed by atoms with Gasteiger partial charge in [-0.3, -0.25) is 14.4 Å². The molecule has 0 radical (unpaired) electrons. The smallest absolute Gasteiger partial charge is 0.331 e. The van der Waals surface area contributed by atoms with E-state index in [1.54, 1.807) is 44.2 Å². The lowest BCUT2D eigenvalue weighted by atomic mass is 9.81. The molecule has 0 saturated heterocycles. The first-order chi connectivity index (χ1) is 10.5. The van der Waals surface area contributed by atoms with Gasteiger partial charge in [0.25, 0.3) is 0 Å². The second-order valence-electron chi connectivity index (χ2n) is 4.49. The number of benzene rings is 1. The van der Waals surface area contributed by atoms with E-state index >= 15 is 0 Å². The lowest BCUT2D eigenvalue weighted by Crippen LogP contribution is -2.50. The summed E-state index contributed by atoms with van der Waals surface area (Å²) in [5.41, 5.74) is -1.47. The molecule has 0 unspecified atom stereocenters. The molecule has 0 aliphatic rings. The minimum Gasteiger partial charge on any atom is -0.465 e. The summed E-state index contributed by atoms with van der Waals surface area (Å²) < 4.78 is 15.0. The summed E-state index contributed by atoms with van der Waals surface area (Å²) in [5.74, 6) is -2.21. The van der Waals surface area contributed by atoms with Crippen molar-refractivity contribution >= 4 is 17.9 Å². The van der Waals surface area contributed by atoms with E-state index in [4.69, 9.17) is 14.2 Å². The third kappa shape index (κ3) is 3.84. The Labute approximate surface area is 129 Å². The Hall–Kier alpha value is -2.37. The van der Waals surface area contributed by atoms with Crippen LogP contribution in [0.15, 0.2) is 30.3 Å². The van der Waals surface area contributed by atoms with Crippen LogP contribution in [-0.2, 0) is 34.0 Å². The zero-order valence-corrected chi connectivity index (χ0v) is 13.0. The third-order valence-electron chi connectivity index (χ3n) is 3.01. The van der Waals surface area contributed by atoms with Gasteiger partial charge in [-0.25, -0.2) is 0 Å². The van der Waals surface area contributed by atoms with Crippen LogP contribution in [0.2, 0.25) is 0 Å². The van der Waals surface area contributed by atoms with E-state index in [0.717, 1.165) is 0 Å². The van der Waals surface area contributed by atoms with Crippen molar-refractivity contribution in [1.82, 2.24) is 0 Å². The quantitative estimate of drug-likeness (QED) is 0.432. The molecule has 1 aromatic rings. The van der Waals surface area contributed by atoms with Gasteiger partial charge in [-0.05, 0) is 19.4 Å². The van der Waals surface area contributed by atoms with Gasteiger partial charge in [0.05, 0.1) is 13.2 Å². The summed E-state index contributed by atoms with van der Waals surface area (Å²) >= 11 is 0. The van der Waals surface area contributed by atoms with Crippen molar-refractivity contribution in [3.05, 3.63) is 35.9 Å². The number of carbonyl (C=O) groups excluding carboxylic acids is 3. The summed E-state index contributed by atoms with van der Waals surface area (Å²) in [5, 5.41) is 0. The molecule has 0 aromatic heterocycles. The molecule has 0 amide bonds. The number of carbonyl (C=O) groups is 3. The van der Waals surface area contributed by atoms with E-state index in [1.165, 1.54) is 6.92 Å². The zero-order valence-electron chi connectivity index (χ0n) is 13.0. The molecule has 0 aliphatic carbocycles. The average molecular weight is 308 g/mol. The highest BCUT2D eigenvalue weighted by Crippen LogP contribution is 2.29. The molecule has 6 heteroatoms. The maximum absolute atomic E-state index is 12.5. The van der Waals surface area contributed by atoms with Crippen molar-refractivity contribution in [3.8, 4) is 0 Å². The summed E-state index contributed by atoms with van der Waals surface area (Å²) in [7, 11) is 0. The predicted molar refractivity (Wildman–Crippen MR) is 78.0 cm³/mol. The number of rotatable bonds is 7. The highest BCUT2D eigenvalue weighted by molar-refractivity contribution is 6.06. The molecule has 0 N–H and O–H groups in total. The fourth-order valence-electron chi connectivity index (χ4n) is 1.96. The van der Waals surface area contributed by atoms with E-state index in [-0.39, 0.29) is 13.2 Å². The minimum atomic E-state index is -1.82. The van der Waals surface area contributed by atoms with E-state index < -0.39 is 29.9 Å². The van der Waals surface area contributed by atoms with Gasteiger partial charge in [0.15, 0.2) is 0 Å². The van der Waals surface area contributed by atoms with Gasteiger partial charge >= 0.3 is 17.9 Å². The van der Waals surface area contributed by atoms with Crippen molar-refractivity contribution in [2.75, 3.05) is 19.8 Å². The van der Waals surface area contributed by atoms with Crippen LogP contribution in [-0.4, -0.2) is 37.7 Å². The van der Waals surface area contributed by atoms with Crippen LogP contribution in [0.4, 0.5) is 0 Å². The maximum Gasteiger partial charge on any atom is 0.331 e. The van der Waals surface area contributed by atoms with Gasteiger partial charge in [0.1, 0.15) is 6.61 Å². The highest BCUT2D eigenvalue weighted by Gasteiger charge is 2.52. The Morgan fingerprint density at radius 3 is 1.82 bits per heavy atom. The van der Waals surface area contributed by atoms with E-state index in [9.17, 15) is 14.4 Å². The van der Waals surface area contributed by atoms with Crippen molar-refractivity contribution in [3.63, 3.8) is 0 Å². The van der Waals surface area contributed by atoms with E-state index in [1.807, 2.05) is 0 Å². The summed E-state index contributed by atoms with van der Waals surface area (Å²) in [6, 6.07) is 8.29. The molecule has 6 nitrogen and oxygen atoms in total. The first-order valence-electron chi connectivity index (χ1n) is 7.02. The van der Waals surface area contributed by atoms with Crippen molar-refractivity contribution < 1.29 is 28.6 Å². The fourth-order valence-corrected chi connectivity index (χ4v) is 1.96. The number of ether oxygens (including phenoxy) is 3. The van der Waals surface area contributed by atoms with Gasteiger partial charge in [0, 0.05) is 6.92 Å². The summed E-state index contributed by atoms with van der Waals surface area (Å²) in [6.07, 6.45) is 0. The number of hydrogen-bond donors (Lipinski definition) is 0. The van der Waals surface area contributed by atoms with Crippen molar-refractivity contribution in [2.45, 2.75) is 26.2 Å². The predicted octanol–water partition coefficient (Wildman–Crippen LogP) is 1.61. The first kappa shape index (κ1) is 17.7. The van der Waals surface area contributed by atoms with Crippen LogP contribution in [0.3, 0.4) is 0 Å². The van der Waals surface area contributed by atoms with Crippen molar-refractivity contribution in [1.29, 1.82) is 0 Å². The largest absolute Gasteiger partial charge is 0.465 e. The fraction of sp³-hybridized carbons (Fsp3) is 0.438. The lowest BCUT2D eigenvalue weighted by molar-refractivity contribution is -0.169. The van der Waals surface area contributed by atoms with Crippen LogP contribution in [0, 0.1) is 0 Å². The Morgan fingerprint density at radius 1 is 0.909 bits per heavy atom. The van der Waals surface area contributed by atoms with Gasteiger partial charge in [-0.2, -0.15) is 0 Å². The molecular formula is C16H20O6. The van der Waals surface area contributed by atoms with Gasteiger partial charge in [0.2, 0.25) is 5.41 Å². The zero-order chi connectivity index (χ0) is 16.6. The standard InChI is InChI=1S/C16H20O6/c1-4-20-14(18)16(11-22-12(3)17,15(19)21-5-2)13-9-7-6-8-10-13/h6-10H,4-5,11H2,1-3H3. The Kier molecular flexibility index (Phi) is 6.56. The second-order valence-corrected chi connectivity index (χ2v) is 4.49. The molecule has 0 spiro atoms. The molecular weight excluding hydrogens is 288 g/mol. The molecule has 0 atom stereocenters.